The van der Waals surface area contributed by atoms with E-state index in [1.54, 1.807) is 17.0 Å². The number of nitrogens with two attached hydrogens (primary N) is 1. The van der Waals surface area contributed by atoms with Crippen LogP contribution in [0.1, 0.15) is 24.2 Å². The van der Waals surface area contributed by atoms with Crippen LogP contribution in [0.5, 0.6) is 0 Å². The Morgan fingerprint density at radius 1 is 1.53 bits per heavy atom. The highest BCUT2D eigenvalue weighted by molar-refractivity contribution is 9.10. The van der Waals surface area contributed by atoms with E-state index >= 15 is 0 Å². The van der Waals surface area contributed by atoms with Crippen LogP contribution in [0.25, 0.3) is 0 Å². The second-order valence-electron chi connectivity index (χ2n) is 4.01. The van der Waals surface area contributed by atoms with Crippen LogP contribution in [0, 0.1) is 0 Å². The first kappa shape index (κ1) is 13.8. The topological polar surface area (TPSA) is 46.3 Å². The van der Waals surface area contributed by atoms with Crippen molar-refractivity contribution in [2.45, 2.75) is 13.8 Å². The lowest BCUT2D eigenvalue weighted by Crippen LogP contribution is -2.32. The summed E-state index contributed by atoms with van der Waals surface area (Å²) in [6.45, 7) is 8.87. The zero-order valence-corrected chi connectivity index (χ0v) is 11.8. The fourth-order valence-corrected chi connectivity index (χ4v) is 1.93. The molecule has 1 rings (SSSR count). The zero-order valence-electron chi connectivity index (χ0n) is 10.2. The summed E-state index contributed by atoms with van der Waals surface area (Å²) in [5, 5.41) is 0. The molecule has 0 fully saturated rings. The molecule has 0 bridgehead atoms. The average Bonchev–Trinajstić information content (AvgIpc) is 2.24. The maximum Gasteiger partial charge on any atom is 0.256 e. The number of hydrogen-bond donors (Lipinski definition) is 1. The summed E-state index contributed by atoms with van der Waals surface area (Å²) in [6.07, 6.45) is 0. The molecule has 0 aliphatic carbocycles. The minimum atomic E-state index is -0.0551. The van der Waals surface area contributed by atoms with Crippen LogP contribution >= 0.6 is 15.9 Å². The van der Waals surface area contributed by atoms with Gasteiger partial charge in [-0.15, -0.1) is 0 Å². The number of benzene rings is 1. The fourth-order valence-electron chi connectivity index (χ4n) is 1.55. The molecule has 2 N–H and O–H groups in total. The molecule has 0 atom stereocenters. The van der Waals surface area contributed by atoms with Crippen molar-refractivity contribution in [1.29, 1.82) is 0 Å². The fraction of sp³-hybridized carbons (Fsp3) is 0.308. The molecule has 1 amide bonds. The third kappa shape index (κ3) is 3.60. The van der Waals surface area contributed by atoms with E-state index in [9.17, 15) is 4.79 Å². The van der Waals surface area contributed by atoms with E-state index in [1.807, 2.05) is 19.9 Å². The van der Waals surface area contributed by atoms with Gasteiger partial charge in [0.05, 0.1) is 5.56 Å². The Kier molecular flexibility index (Phi) is 4.75. The van der Waals surface area contributed by atoms with Crippen LogP contribution in [0.3, 0.4) is 0 Å². The first-order chi connectivity index (χ1) is 7.95. The lowest BCUT2D eigenvalue weighted by Gasteiger charge is -2.21. The van der Waals surface area contributed by atoms with Gasteiger partial charge in [-0.1, -0.05) is 28.1 Å². The smallest absolute Gasteiger partial charge is 0.256 e. The molecule has 4 heteroatoms. The van der Waals surface area contributed by atoms with Crippen LogP contribution in [-0.4, -0.2) is 23.9 Å². The molecule has 0 unspecified atom stereocenters. The van der Waals surface area contributed by atoms with Gasteiger partial charge in [0.25, 0.3) is 5.91 Å². The summed E-state index contributed by atoms with van der Waals surface area (Å²) in [7, 11) is 0. The second kappa shape index (κ2) is 5.87. The quantitative estimate of drug-likeness (QED) is 0.686. The Morgan fingerprint density at radius 2 is 2.18 bits per heavy atom. The summed E-state index contributed by atoms with van der Waals surface area (Å²) >= 11 is 3.32. The lowest BCUT2D eigenvalue weighted by molar-refractivity contribution is 0.0779. The van der Waals surface area contributed by atoms with Gasteiger partial charge in [0.2, 0.25) is 0 Å². The molecule has 0 aliphatic rings. The molecule has 0 saturated carbocycles. The van der Waals surface area contributed by atoms with Gasteiger partial charge in [-0.3, -0.25) is 4.79 Å². The lowest BCUT2D eigenvalue weighted by atomic mass is 10.1. The number of nitrogen functional groups attached to an aromatic ring is 1. The van der Waals surface area contributed by atoms with Crippen LogP contribution < -0.4 is 5.73 Å². The summed E-state index contributed by atoms with van der Waals surface area (Å²) in [5.41, 5.74) is 7.83. The average molecular weight is 297 g/mol. The maximum absolute atomic E-state index is 12.2. The number of likely N-dealkylation sites (N-methyl/N-ethyl adjacent to an activating group) is 1. The van der Waals surface area contributed by atoms with Gasteiger partial charge in [-0.2, -0.15) is 0 Å². The van der Waals surface area contributed by atoms with E-state index in [0.29, 0.717) is 24.3 Å². The SMILES string of the molecule is C=C(C)CN(CC)C(=O)c1ccc(Br)cc1N. The molecule has 0 aliphatic heterocycles. The highest BCUT2D eigenvalue weighted by atomic mass is 79.9. The number of amides is 1. The molecule has 0 spiro atoms. The molecule has 17 heavy (non-hydrogen) atoms. The molecule has 0 saturated heterocycles. The molecular weight excluding hydrogens is 280 g/mol. The monoisotopic (exact) mass is 296 g/mol. The van der Waals surface area contributed by atoms with Crippen molar-refractivity contribution in [3.8, 4) is 0 Å². The van der Waals surface area contributed by atoms with Gasteiger partial charge in [0.15, 0.2) is 0 Å². The number of carbonyl (C=O) groups excluding carboxylic acids is 1. The Bertz CT molecular complexity index is 443. The first-order valence-corrected chi connectivity index (χ1v) is 6.23. The van der Waals surface area contributed by atoms with Gasteiger partial charge in [-0.05, 0) is 32.0 Å². The van der Waals surface area contributed by atoms with Gasteiger partial charge in [-0.25, -0.2) is 0 Å². The molecule has 1 aromatic carbocycles. The Labute approximate surface area is 110 Å². The highest BCUT2D eigenvalue weighted by Crippen LogP contribution is 2.20. The van der Waals surface area contributed by atoms with Gasteiger partial charge < -0.3 is 10.6 Å². The van der Waals surface area contributed by atoms with Crippen LogP contribution in [0.2, 0.25) is 0 Å². The van der Waals surface area contributed by atoms with Crippen molar-refractivity contribution < 1.29 is 4.79 Å². The Balaban J connectivity index is 2.97. The maximum atomic E-state index is 12.2. The van der Waals surface area contributed by atoms with Crippen LogP contribution in [0.4, 0.5) is 5.69 Å². The molecule has 92 valence electrons. The molecule has 0 aromatic heterocycles. The van der Waals surface area contributed by atoms with E-state index in [4.69, 9.17) is 5.73 Å². The van der Waals surface area contributed by atoms with Crippen molar-refractivity contribution in [1.82, 2.24) is 4.90 Å². The van der Waals surface area contributed by atoms with E-state index in [0.717, 1.165) is 10.0 Å². The van der Waals surface area contributed by atoms with E-state index < -0.39 is 0 Å². The molecule has 1 aromatic rings. The number of halogens is 1. The summed E-state index contributed by atoms with van der Waals surface area (Å²) in [5.74, 6) is -0.0551. The predicted octanol–water partition coefficient (Wildman–Crippen LogP) is 3.07. The molecule has 3 nitrogen and oxygen atoms in total. The Morgan fingerprint density at radius 3 is 2.65 bits per heavy atom. The van der Waals surface area contributed by atoms with Crippen molar-refractivity contribution in [3.63, 3.8) is 0 Å². The van der Waals surface area contributed by atoms with E-state index in [1.165, 1.54) is 0 Å². The van der Waals surface area contributed by atoms with Crippen molar-refractivity contribution in [2.24, 2.45) is 0 Å². The van der Waals surface area contributed by atoms with Crippen molar-refractivity contribution in [2.75, 3.05) is 18.8 Å². The Hall–Kier alpha value is -1.29. The molecule has 0 radical (unpaired) electrons. The number of hydrogen-bond acceptors (Lipinski definition) is 2. The van der Waals surface area contributed by atoms with Crippen LogP contribution in [-0.2, 0) is 0 Å². The van der Waals surface area contributed by atoms with Crippen molar-refractivity contribution >= 4 is 27.5 Å². The van der Waals surface area contributed by atoms with Gasteiger partial charge >= 0.3 is 0 Å². The first-order valence-electron chi connectivity index (χ1n) is 5.44. The second-order valence-corrected chi connectivity index (χ2v) is 4.92. The number of rotatable bonds is 4. The molecular formula is C13H17BrN2O. The standard InChI is InChI=1S/C13H17BrN2O/c1-4-16(8-9(2)3)13(17)11-6-5-10(14)7-12(11)15/h5-7H,2,4,8,15H2,1,3H3. The normalized spacial score (nSPS) is 10.1. The summed E-state index contributed by atoms with van der Waals surface area (Å²) in [6, 6.07) is 5.29. The number of nitrogens with zero attached hydrogens (tertiary/aromatic N) is 1. The van der Waals surface area contributed by atoms with Gasteiger partial charge in [0.1, 0.15) is 0 Å². The third-order valence-corrected chi connectivity index (χ3v) is 2.87. The van der Waals surface area contributed by atoms with Crippen molar-refractivity contribution in [3.05, 3.63) is 40.4 Å². The summed E-state index contributed by atoms with van der Waals surface area (Å²) < 4.78 is 0.870. The third-order valence-electron chi connectivity index (χ3n) is 2.37. The minimum Gasteiger partial charge on any atom is -0.398 e. The predicted molar refractivity (Wildman–Crippen MR) is 74.9 cm³/mol. The van der Waals surface area contributed by atoms with Crippen LogP contribution in [0.15, 0.2) is 34.8 Å². The largest absolute Gasteiger partial charge is 0.398 e. The van der Waals surface area contributed by atoms with E-state index in [-0.39, 0.29) is 5.91 Å². The number of carbonyl (C=O) groups is 1. The molecule has 0 heterocycles. The number of anilines is 1. The van der Waals surface area contributed by atoms with E-state index in [2.05, 4.69) is 22.5 Å². The zero-order chi connectivity index (χ0) is 13.0. The minimum absolute atomic E-state index is 0.0551. The highest BCUT2D eigenvalue weighted by Gasteiger charge is 2.16. The summed E-state index contributed by atoms with van der Waals surface area (Å²) in [4.78, 5) is 14.0. The van der Waals surface area contributed by atoms with Gasteiger partial charge in [0, 0.05) is 23.2 Å².